The van der Waals surface area contributed by atoms with Crippen LogP contribution in [0.25, 0.3) is 0 Å². The number of hydrogen-bond donors (Lipinski definition) is 3. The summed E-state index contributed by atoms with van der Waals surface area (Å²) in [6.45, 7) is 3.55. The molecule has 222 valence electrons. The van der Waals surface area contributed by atoms with E-state index in [2.05, 4.69) is 43.9 Å². The fraction of sp³-hybridized carbons (Fsp3) is 0.235. The summed E-state index contributed by atoms with van der Waals surface area (Å²) in [6, 6.07) is 30.9. The summed E-state index contributed by atoms with van der Waals surface area (Å²) in [5.41, 5.74) is 4.84. The minimum atomic E-state index is -0.370. The molecule has 1 saturated heterocycles. The Hall–Kier alpha value is -4.63. The smallest absolute Gasteiger partial charge is 0.323 e. The SMILES string of the molecule is COc1ccccc1N1CCN(c2ccc(NC(=O)Nc3ccc(SC)cc3)cc2C(=O)NCCc2ccccc2)CC1. The third-order valence-corrected chi connectivity index (χ3v) is 8.18. The van der Waals surface area contributed by atoms with Gasteiger partial charge in [0.2, 0.25) is 0 Å². The fourth-order valence-electron chi connectivity index (χ4n) is 5.18. The summed E-state index contributed by atoms with van der Waals surface area (Å²) in [4.78, 5) is 32.0. The molecule has 43 heavy (non-hydrogen) atoms. The number of rotatable bonds is 10. The van der Waals surface area contributed by atoms with Gasteiger partial charge >= 0.3 is 6.03 Å². The van der Waals surface area contributed by atoms with Crippen molar-refractivity contribution in [1.82, 2.24) is 5.32 Å². The van der Waals surface area contributed by atoms with Gasteiger partial charge in [0, 0.05) is 54.7 Å². The summed E-state index contributed by atoms with van der Waals surface area (Å²) in [7, 11) is 1.69. The van der Waals surface area contributed by atoms with Crippen LogP contribution < -0.4 is 30.5 Å². The second-order valence-electron chi connectivity index (χ2n) is 10.2. The van der Waals surface area contributed by atoms with Gasteiger partial charge < -0.3 is 30.5 Å². The topological polar surface area (TPSA) is 85.9 Å². The first-order valence-electron chi connectivity index (χ1n) is 14.3. The van der Waals surface area contributed by atoms with Crippen molar-refractivity contribution >= 4 is 46.4 Å². The van der Waals surface area contributed by atoms with Crippen molar-refractivity contribution in [3.63, 3.8) is 0 Å². The number of methoxy groups -OCH3 is 1. The zero-order chi connectivity index (χ0) is 30.0. The minimum absolute atomic E-state index is 0.171. The molecule has 3 N–H and O–H groups in total. The number of thioether (sulfide) groups is 1. The molecule has 3 amide bonds. The van der Waals surface area contributed by atoms with Crippen molar-refractivity contribution in [3.05, 3.63) is 108 Å². The van der Waals surface area contributed by atoms with Gasteiger partial charge in [-0.25, -0.2) is 4.79 Å². The number of urea groups is 1. The zero-order valence-corrected chi connectivity index (χ0v) is 25.3. The Labute approximate surface area is 257 Å². The highest BCUT2D eigenvalue weighted by Crippen LogP contribution is 2.31. The lowest BCUT2D eigenvalue weighted by Gasteiger charge is -2.38. The summed E-state index contributed by atoms with van der Waals surface area (Å²) in [5, 5.41) is 8.84. The molecule has 1 aliphatic rings. The average molecular weight is 596 g/mol. The van der Waals surface area contributed by atoms with Crippen LogP contribution in [0.1, 0.15) is 15.9 Å². The van der Waals surface area contributed by atoms with Gasteiger partial charge in [-0.1, -0.05) is 42.5 Å². The van der Waals surface area contributed by atoms with Gasteiger partial charge in [0.1, 0.15) is 5.75 Å². The number of carbonyl (C=O) groups excluding carboxylic acids is 2. The molecule has 0 unspecified atom stereocenters. The molecule has 0 radical (unpaired) electrons. The van der Waals surface area contributed by atoms with E-state index in [1.807, 2.05) is 79.1 Å². The quantitative estimate of drug-likeness (QED) is 0.185. The molecule has 4 aromatic carbocycles. The maximum absolute atomic E-state index is 13.6. The predicted molar refractivity (Wildman–Crippen MR) is 177 cm³/mol. The number of piperazine rings is 1. The van der Waals surface area contributed by atoms with Crippen molar-refractivity contribution < 1.29 is 14.3 Å². The highest BCUT2D eigenvalue weighted by molar-refractivity contribution is 7.98. The third kappa shape index (κ3) is 7.81. The lowest BCUT2D eigenvalue weighted by atomic mass is 10.1. The third-order valence-electron chi connectivity index (χ3n) is 7.44. The highest BCUT2D eigenvalue weighted by Gasteiger charge is 2.24. The van der Waals surface area contributed by atoms with Crippen molar-refractivity contribution in [2.24, 2.45) is 0 Å². The molecule has 0 aromatic heterocycles. The number of nitrogens with one attached hydrogen (secondary N) is 3. The van der Waals surface area contributed by atoms with Gasteiger partial charge in [-0.2, -0.15) is 0 Å². The molecular formula is C34H37N5O3S. The van der Waals surface area contributed by atoms with Gasteiger partial charge in [0.15, 0.2) is 0 Å². The first-order chi connectivity index (χ1) is 21.0. The van der Waals surface area contributed by atoms with Crippen LogP contribution in [0.2, 0.25) is 0 Å². The number of anilines is 4. The Morgan fingerprint density at radius 1 is 0.767 bits per heavy atom. The van der Waals surface area contributed by atoms with Crippen LogP contribution in [0.4, 0.5) is 27.5 Å². The van der Waals surface area contributed by atoms with E-state index in [1.165, 1.54) is 0 Å². The number of hydrogen-bond acceptors (Lipinski definition) is 6. The van der Waals surface area contributed by atoms with E-state index in [9.17, 15) is 9.59 Å². The molecular weight excluding hydrogens is 558 g/mol. The average Bonchev–Trinajstić information content (AvgIpc) is 3.05. The van der Waals surface area contributed by atoms with Crippen molar-refractivity contribution in [3.8, 4) is 5.75 Å². The summed E-state index contributed by atoms with van der Waals surface area (Å²) >= 11 is 1.64. The molecule has 0 saturated carbocycles. The van der Waals surface area contributed by atoms with Gasteiger partial charge in [-0.3, -0.25) is 4.79 Å². The van der Waals surface area contributed by atoms with E-state index in [4.69, 9.17) is 4.74 Å². The predicted octanol–water partition coefficient (Wildman–Crippen LogP) is 6.36. The molecule has 0 atom stereocenters. The summed E-state index contributed by atoms with van der Waals surface area (Å²) < 4.78 is 5.57. The number of nitrogens with zero attached hydrogens (tertiary/aromatic N) is 2. The summed E-state index contributed by atoms with van der Waals surface area (Å²) in [5.74, 6) is 0.679. The van der Waals surface area contributed by atoms with E-state index in [1.54, 1.807) is 24.9 Å². The Morgan fingerprint density at radius 2 is 1.40 bits per heavy atom. The van der Waals surface area contributed by atoms with E-state index in [-0.39, 0.29) is 11.9 Å². The van der Waals surface area contributed by atoms with E-state index in [0.29, 0.717) is 23.5 Å². The normalized spacial score (nSPS) is 12.9. The number of benzene rings is 4. The Balaban J connectivity index is 1.30. The van der Waals surface area contributed by atoms with Gasteiger partial charge in [-0.05, 0) is 72.8 Å². The molecule has 8 nitrogen and oxygen atoms in total. The standard InChI is InChI=1S/C34H37N5O3S/c1-42-32-11-7-6-10-31(32)39-22-20-38(21-23-39)30-17-14-27(37-34(41)36-26-12-15-28(43-2)16-13-26)24-29(30)33(40)35-19-18-25-8-4-3-5-9-25/h3-17,24H,18-23H2,1-2H3,(H,35,40)(H2,36,37,41). The fourth-order valence-corrected chi connectivity index (χ4v) is 5.59. The Morgan fingerprint density at radius 3 is 2.09 bits per heavy atom. The zero-order valence-electron chi connectivity index (χ0n) is 24.5. The molecule has 0 spiro atoms. The lowest BCUT2D eigenvalue weighted by Crippen LogP contribution is -2.47. The van der Waals surface area contributed by atoms with Crippen LogP contribution in [0.15, 0.2) is 102 Å². The van der Waals surface area contributed by atoms with Crippen LogP contribution in [0, 0.1) is 0 Å². The number of carbonyl (C=O) groups is 2. The van der Waals surface area contributed by atoms with Crippen LogP contribution >= 0.6 is 11.8 Å². The molecule has 9 heteroatoms. The lowest BCUT2D eigenvalue weighted by molar-refractivity contribution is 0.0954. The van der Waals surface area contributed by atoms with Crippen molar-refractivity contribution in [2.45, 2.75) is 11.3 Å². The largest absolute Gasteiger partial charge is 0.495 e. The number of ether oxygens (including phenoxy) is 1. The maximum atomic E-state index is 13.6. The van der Waals surface area contributed by atoms with Gasteiger partial charge in [-0.15, -0.1) is 11.8 Å². The number of para-hydroxylation sites is 2. The van der Waals surface area contributed by atoms with Gasteiger partial charge in [0.25, 0.3) is 5.91 Å². The maximum Gasteiger partial charge on any atom is 0.323 e. The molecule has 1 fully saturated rings. The minimum Gasteiger partial charge on any atom is -0.495 e. The van der Waals surface area contributed by atoms with Crippen LogP contribution in [-0.2, 0) is 6.42 Å². The van der Waals surface area contributed by atoms with Crippen LogP contribution in [0.5, 0.6) is 5.75 Å². The van der Waals surface area contributed by atoms with E-state index < -0.39 is 0 Å². The first kappa shape index (κ1) is 29.8. The molecule has 1 heterocycles. The second kappa shape index (κ2) is 14.5. The van der Waals surface area contributed by atoms with Crippen LogP contribution in [0.3, 0.4) is 0 Å². The number of amides is 3. The van der Waals surface area contributed by atoms with E-state index >= 15 is 0 Å². The molecule has 0 bridgehead atoms. The molecule has 5 rings (SSSR count). The Bertz CT molecular complexity index is 1520. The first-order valence-corrected chi connectivity index (χ1v) is 15.6. The molecule has 4 aromatic rings. The molecule has 1 aliphatic heterocycles. The van der Waals surface area contributed by atoms with Crippen molar-refractivity contribution in [2.75, 3.05) is 66.5 Å². The highest BCUT2D eigenvalue weighted by atomic mass is 32.2. The Kier molecular flexibility index (Phi) is 10.1. The van der Waals surface area contributed by atoms with Crippen LogP contribution in [-0.4, -0.2) is 58.0 Å². The van der Waals surface area contributed by atoms with E-state index in [0.717, 1.165) is 60.2 Å². The summed E-state index contributed by atoms with van der Waals surface area (Å²) in [6.07, 6.45) is 2.74. The van der Waals surface area contributed by atoms with Crippen molar-refractivity contribution in [1.29, 1.82) is 0 Å². The van der Waals surface area contributed by atoms with Gasteiger partial charge in [0.05, 0.1) is 18.4 Å². The molecule has 0 aliphatic carbocycles. The second-order valence-corrected chi connectivity index (χ2v) is 11.1. The monoisotopic (exact) mass is 595 g/mol.